The molecule has 136 valence electrons. The molecular weight excluding hydrogens is 384 g/mol. The molecule has 27 heavy (non-hydrogen) atoms. The summed E-state index contributed by atoms with van der Waals surface area (Å²) in [5, 5.41) is 9.49. The van der Waals surface area contributed by atoms with Crippen LogP contribution >= 0.6 is 23.4 Å². The topological polar surface area (TPSA) is 68.2 Å². The van der Waals surface area contributed by atoms with Crippen LogP contribution < -0.4 is 9.64 Å². The van der Waals surface area contributed by atoms with E-state index in [0.29, 0.717) is 27.4 Å². The van der Waals surface area contributed by atoms with Gasteiger partial charge in [0.05, 0.1) is 5.69 Å². The van der Waals surface area contributed by atoms with Gasteiger partial charge in [-0.25, -0.2) is 0 Å². The van der Waals surface area contributed by atoms with E-state index in [1.807, 2.05) is 42.7 Å². The van der Waals surface area contributed by atoms with Gasteiger partial charge in [-0.2, -0.15) is 4.98 Å². The number of hydrogen-bond acceptors (Lipinski definition) is 6. The van der Waals surface area contributed by atoms with Gasteiger partial charge in [0, 0.05) is 23.1 Å². The van der Waals surface area contributed by atoms with Crippen LogP contribution in [0.25, 0.3) is 11.3 Å². The molecule has 1 aromatic heterocycles. The molecule has 0 saturated carbocycles. The molecule has 4 rings (SSSR count). The Morgan fingerprint density at radius 2 is 2.00 bits per heavy atom. The normalized spacial score (nSPS) is 15.4. The first-order valence-corrected chi connectivity index (χ1v) is 9.79. The van der Waals surface area contributed by atoms with Crippen molar-refractivity contribution in [3.63, 3.8) is 0 Å². The minimum atomic E-state index is -0.727. The molecule has 0 spiro atoms. The van der Waals surface area contributed by atoms with E-state index < -0.39 is 6.23 Å². The number of thioether (sulfide) groups is 1. The lowest BCUT2D eigenvalue weighted by atomic mass is 10.1. The summed E-state index contributed by atoms with van der Waals surface area (Å²) >= 11 is 7.55. The zero-order valence-corrected chi connectivity index (χ0v) is 16.2. The quantitative estimate of drug-likeness (QED) is 0.597. The van der Waals surface area contributed by atoms with Gasteiger partial charge in [0.15, 0.2) is 5.69 Å². The Hall–Kier alpha value is -2.64. The predicted molar refractivity (Wildman–Crippen MR) is 105 cm³/mol. The highest BCUT2D eigenvalue weighted by atomic mass is 35.5. The van der Waals surface area contributed by atoms with E-state index in [-0.39, 0.29) is 5.91 Å². The molecule has 3 aromatic rings. The van der Waals surface area contributed by atoms with Crippen molar-refractivity contribution < 1.29 is 9.53 Å². The maximum Gasteiger partial charge on any atom is 0.247 e. The average molecular weight is 399 g/mol. The number of carbonyl (C=O) groups is 1. The summed E-state index contributed by atoms with van der Waals surface area (Å²) in [5.74, 6) is 0.161. The second-order valence-corrected chi connectivity index (χ2v) is 7.09. The molecule has 2 aromatic carbocycles. The lowest BCUT2D eigenvalue weighted by Crippen LogP contribution is -2.36. The first kappa shape index (κ1) is 17.8. The third-order valence-corrected chi connectivity index (χ3v) is 4.94. The van der Waals surface area contributed by atoms with E-state index >= 15 is 0 Å². The highest BCUT2D eigenvalue weighted by Crippen LogP contribution is 2.43. The number of nitrogens with zero attached hydrogens (tertiary/aromatic N) is 4. The van der Waals surface area contributed by atoms with E-state index in [9.17, 15) is 4.79 Å². The highest BCUT2D eigenvalue weighted by molar-refractivity contribution is 7.98. The Bertz CT molecular complexity index is 1030. The minimum absolute atomic E-state index is 0.168. The molecular formula is C19H15ClN4O2S. The molecule has 0 N–H and O–H groups in total. The third-order valence-electron chi connectivity index (χ3n) is 4.17. The fourth-order valence-corrected chi connectivity index (χ4v) is 3.51. The van der Waals surface area contributed by atoms with Crippen LogP contribution in [0.15, 0.2) is 53.7 Å². The molecule has 1 atom stereocenters. The van der Waals surface area contributed by atoms with Gasteiger partial charge in [-0.3, -0.25) is 9.69 Å². The molecule has 0 bridgehead atoms. The Morgan fingerprint density at radius 3 is 2.74 bits per heavy atom. The van der Waals surface area contributed by atoms with E-state index in [1.54, 1.807) is 17.0 Å². The van der Waals surface area contributed by atoms with Gasteiger partial charge in [0.1, 0.15) is 0 Å². The predicted octanol–water partition coefficient (Wildman–Crippen LogP) is 4.36. The number of rotatable bonds is 2. The van der Waals surface area contributed by atoms with Crippen molar-refractivity contribution in [2.75, 3.05) is 11.2 Å². The smallest absolute Gasteiger partial charge is 0.247 e. The second kappa shape index (κ2) is 7.17. The number of anilines is 1. The number of ether oxygens (including phenoxy) is 1. The number of carbonyl (C=O) groups excluding carboxylic acids is 1. The van der Waals surface area contributed by atoms with Crippen LogP contribution in [0.3, 0.4) is 0 Å². The number of amides is 1. The fraction of sp³-hybridized carbons (Fsp3) is 0.158. The number of halogens is 1. The average Bonchev–Trinajstić information content (AvgIpc) is 2.82. The lowest BCUT2D eigenvalue weighted by Gasteiger charge is -2.29. The summed E-state index contributed by atoms with van der Waals surface area (Å²) in [6.07, 6.45) is 1.14. The number of hydrogen-bond donors (Lipinski definition) is 0. The molecule has 8 heteroatoms. The van der Waals surface area contributed by atoms with Gasteiger partial charge in [-0.1, -0.05) is 53.7 Å². The molecule has 1 aliphatic rings. The fourth-order valence-electron chi connectivity index (χ4n) is 3.02. The Labute approximate surface area is 165 Å². The largest absolute Gasteiger partial charge is 0.447 e. The maximum absolute atomic E-state index is 12.6. The number of fused-ring (bicyclic) bond motifs is 3. The zero-order valence-electron chi connectivity index (χ0n) is 14.6. The summed E-state index contributed by atoms with van der Waals surface area (Å²) < 4.78 is 6.22. The maximum atomic E-state index is 12.6. The molecule has 1 amide bonds. The minimum Gasteiger partial charge on any atom is -0.447 e. The molecule has 0 aliphatic carbocycles. The van der Waals surface area contributed by atoms with Crippen LogP contribution in [-0.2, 0) is 4.79 Å². The number of aromatic nitrogens is 3. The highest BCUT2D eigenvalue weighted by Gasteiger charge is 2.34. The first-order chi connectivity index (χ1) is 13.1. The summed E-state index contributed by atoms with van der Waals surface area (Å²) in [7, 11) is 0. The van der Waals surface area contributed by atoms with Crippen molar-refractivity contribution in [3.8, 4) is 17.1 Å². The lowest BCUT2D eigenvalue weighted by molar-refractivity contribution is -0.118. The zero-order chi connectivity index (χ0) is 19.0. The van der Waals surface area contributed by atoms with Crippen LogP contribution in [0, 0.1) is 0 Å². The monoisotopic (exact) mass is 398 g/mol. The summed E-state index contributed by atoms with van der Waals surface area (Å²) in [6.45, 7) is 1.50. The van der Waals surface area contributed by atoms with Crippen molar-refractivity contribution in [1.82, 2.24) is 15.2 Å². The molecule has 0 radical (unpaired) electrons. The van der Waals surface area contributed by atoms with Crippen molar-refractivity contribution >= 4 is 35.0 Å². The van der Waals surface area contributed by atoms with Gasteiger partial charge in [-0.05, 0) is 24.5 Å². The van der Waals surface area contributed by atoms with Crippen molar-refractivity contribution in [2.24, 2.45) is 0 Å². The molecule has 1 unspecified atom stereocenters. The molecule has 6 nitrogen and oxygen atoms in total. The first-order valence-electron chi connectivity index (χ1n) is 8.18. The second-order valence-electron chi connectivity index (χ2n) is 5.88. The third kappa shape index (κ3) is 3.24. The van der Waals surface area contributed by atoms with E-state index in [4.69, 9.17) is 16.3 Å². The van der Waals surface area contributed by atoms with Gasteiger partial charge in [0.25, 0.3) is 0 Å². The summed E-state index contributed by atoms with van der Waals surface area (Å²) in [6, 6.07) is 14.7. The molecule has 0 fully saturated rings. The van der Waals surface area contributed by atoms with Crippen molar-refractivity contribution in [1.29, 1.82) is 0 Å². The van der Waals surface area contributed by atoms with Crippen molar-refractivity contribution in [2.45, 2.75) is 18.3 Å². The van der Waals surface area contributed by atoms with Crippen LogP contribution in [0.2, 0.25) is 5.02 Å². The van der Waals surface area contributed by atoms with Crippen molar-refractivity contribution in [3.05, 3.63) is 59.1 Å². The van der Waals surface area contributed by atoms with E-state index in [2.05, 4.69) is 15.2 Å². The van der Waals surface area contributed by atoms with E-state index in [1.165, 1.54) is 18.7 Å². The molecule has 2 heterocycles. The number of benzene rings is 2. The summed E-state index contributed by atoms with van der Waals surface area (Å²) in [4.78, 5) is 18.7. The Kier molecular flexibility index (Phi) is 4.72. The van der Waals surface area contributed by atoms with Gasteiger partial charge in [0.2, 0.25) is 23.2 Å². The standard InChI is InChI=1S/C19H15ClN4O2S/c1-11(25)24-15-9-4-3-8-14(15)16-17(21-19(27-2)23-22-16)26-18(24)12-6-5-7-13(20)10-12/h3-10,18H,1-2H3. The van der Waals surface area contributed by atoms with Gasteiger partial charge < -0.3 is 4.74 Å². The summed E-state index contributed by atoms with van der Waals surface area (Å²) in [5.41, 5.74) is 2.66. The van der Waals surface area contributed by atoms with Gasteiger partial charge in [-0.15, -0.1) is 10.2 Å². The van der Waals surface area contributed by atoms with Gasteiger partial charge >= 0.3 is 0 Å². The van der Waals surface area contributed by atoms with Crippen LogP contribution in [0.1, 0.15) is 18.7 Å². The Morgan fingerprint density at radius 1 is 1.19 bits per heavy atom. The molecule has 0 saturated heterocycles. The Balaban J connectivity index is 1.98. The van der Waals surface area contributed by atoms with Crippen LogP contribution in [-0.4, -0.2) is 27.3 Å². The van der Waals surface area contributed by atoms with E-state index in [0.717, 1.165) is 11.1 Å². The number of para-hydroxylation sites is 1. The molecule has 1 aliphatic heterocycles. The van der Waals surface area contributed by atoms with Crippen LogP contribution in [0.4, 0.5) is 5.69 Å². The van der Waals surface area contributed by atoms with Crippen LogP contribution in [0.5, 0.6) is 5.88 Å². The SMILES string of the molecule is CSc1nnc2c(n1)OC(c1cccc(Cl)c1)N(C(C)=O)c1ccccc1-2.